The van der Waals surface area contributed by atoms with Crippen LogP contribution in [0.25, 0.3) is 22.6 Å². The Morgan fingerprint density at radius 1 is 1.08 bits per heavy atom. The number of thioether (sulfide) groups is 1. The monoisotopic (exact) mass is 506 g/mol. The summed E-state index contributed by atoms with van der Waals surface area (Å²) >= 11 is 1.42. The zero-order valence-electron chi connectivity index (χ0n) is 19.6. The van der Waals surface area contributed by atoms with Crippen molar-refractivity contribution in [1.29, 1.82) is 0 Å². The lowest BCUT2D eigenvalue weighted by atomic mass is 9.91. The van der Waals surface area contributed by atoms with Crippen molar-refractivity contribution in [3.63, 3.8) is 0 Å². The fourth-order valence-electron chi connectivity index (χ4n) is 3.70. The van der Waals surface area contributed by atoms with Crippen molar-refractivity contribution in [2.24, 2.45) is 5.41 Å². The van der Waals surface area contributed by atoms with Crippen molar-refractivity contribution in [3.8, 4) is 22.6 Å². The third kappa shape index (κ3) is 4.99. The van der Waals surface area contributed by atoms with E-state index in [0.717, 1.165) is 0 Å². The maximum Gasteiger partial charge on any atom is 0.235 e. The maximum atomic E-state index is 13.6. The predicted octanol–water partition coefficient (Wildman–Crippen LogP) is 4.48. The Morgan fingerprint density at radius 2 is 1.81 bits per heavy atom. The Balaban J connectivity index is 1.40. The molecule has 5 rings (SSSR count). The molecule has 9 nitrogen and oxygen atoms in total. The van der Waals surface area contributed by atoms with Gasteiger partial charge in [-0.2, -0.15) is 0 Å². The second kappa shape index (κ2) is 10.1. The first-order valence-corrected chi connectivity index (χ1v) is 12.4. The molecular formula is C25H23FN6O3S. The molecule has 2 N–H and O–H groups in total. The molecule has 0 atom stereocenters. The second-order valence-electron chi connectivity index (χ2n) is 8.49. The molecule has 0 unspecified atom stereocenters. The first-order chi connectivity index (χ1) is 17.4. The second-order valence-corrected chi connectivity index (χ2v) is 9.26. The van der Waals surface area contributed by atoms with Gasteiger partial charge in [-0.1, -0.05) is 11.8 Å². The molecule has 0 aliphatic carbocycles. The molecule has 11 heteroatoms. The van der Waals surface area contributed by atoms with E-state index in [4.69, 9.17) is 14.5 Å². The summed E-state index contributed by atoms with van der Waals surface area (Å²) in [7, 11) is 0. The van der Waals surface area contributed by atoms with Crippen LogP contribution in [0.2, 0.25) is 0 Å². The summed E-state index contributed by atoms with van der Waals surface area (Å²) in [6.07, 6.45) is 5.96. The number of halogens is 1. The van der Waals surface area contributed by atoms with Crippen molar-refractivity contribution < 1.29 is 18.7 Å². The van der Waals surface area contributed by atoms with E-state index in [9.17, 15) is 9.18 Å². The number of ether oxygens (including phenoxy) is 2. The zero-order chi connectivity index (χ0) is 25.1. The standard InChI is InChI=1S/C25H23FN6O3S/c1-25(23(33)29-17-7-10-27-11-8-17)13-34-22(35-14-25)21-31-19(15-3-5-16(26)6-4-15)20(32-21)18-9-12-28-24(30-18)36-2/h3-12,22H,13-14H2,1-2H3,(H,31,32)(H,27,29,33). The van der Waals surface area contributed by atoms with Gasteiger partial charge in [0.15, 0.2) is 11.0 Å². The minimum absolute atomic E-state index is 0.126. The summed E-state index contributed by atoms with van der Waals surface area (Å²) in [4.78, 5) is 33.6. The van der Waals surface area contributed by atoms with Gasteiger partial charge in [0.1, 0.15) is 5.82 Å². The van der Waals surface area contributed by atoms with Crippen LogP contribution >= 0.6 is 11.8 Å². The topological polar surface area (TPSA) is 115 Å². The van der Waals surface area contributed by atoms with Crippen LogP contribution in [0.4, 0.5) is 10.1 Å². The van der Waals surface area contributed by atoms with E-state index in [1.165, 1.54) is 23.9 Å². The fourth-order valence-corrected chi connectivity index (χ4v) is 4.05. The molecule has 184 valence electrons. The SMILES string of the molecule is CSc1nccc(-c2[nH]c(C3OCC(C)(C(=O)Nc4ccncc4)CO3)nc2-c2ccc(F)cc2)n1. The lowest BCUT2D eigenvalue weighted by Gasteiger charge is -2.35. The van der Waals surface area contributed by atoms with Crippen LogP contribution in [0.1, 0.15) is 19.0 Å². The summed E-state index contributed by atoms with van der Waals surface area (Å²) in [5.41, 5.74) is 2.29. The number of aromatic amines is 1. The Kier molecular flexibility index (Phi) is 6.77. The van der Waals surface area contributed by atoms with Crippen LogP contribution < -0.4 is 5.32 Å². The number of hydrogen-bond donors (Lipinski definition) is 2. The molecule has 36 heavy (non-hydrogen) atoms. The van der Waals surface area contributed by atoms with E-state index in [-0.39, 0.29) is 24.9 Å². The molecule has 1 aliphatic rings. The maximum absolute atomic E-state index is 13.6. The van der Waals surface area contributed by atoms with Crippen molar-refractivity contribution >= 4 is 23.4 Å². The smallest absolute Gasteiger partial charge is 0.235 e. The molecule has 1 saturated heterocycles. The van der Waals surface area contributed by atoms with Gasteiger partial charge in [0.2, 0.25) is 12.2 Å². The molecule has 1 aliphatic heterocycles. The third-order valence-electron chi connectivity index (χ3n) is 5.73. The van der Waals surface area contributed by atoms with Crippen LogP contribution in [-0.2, 0) is 14.3 Å². The highest BCUT2D eigenvalue weighted by atomic mass is 32.2. The number of H-pyrrole nitrogens is 1. The van der Waals surface area contributed by atoms with E-state index in [0.29, 0.717) is 39.3 Å². The summed E-state index contributed by atoms with van der Waals surface area (Å²) in [5, 5.41) is 3.48. The lowest BCUT2D eigenvalue weighted by Crippen LogP contribution is -2.45. The van der Waals surface area contributed by atoms with Gasteiger partial charge in [-0.3, -0.25) is 9.78 Å². The van der Waals surface area contributed by atoms with Crippen molar-refractivity contribution in [3.05, 3.63) is 72.7 Å². The summed E-state index contributed by atoms with van der Waals surface area (Å²) in [5.74, 6) is -0.138. The number of nitrogens with one attached hydrogen (secondary N) is 2. The molecule has 1 fully saturated rings. The van der Waals surface area contributed by atoms with Crippen LogP contribution in [0.5, 0.6) is 0 Å². The number of hydrogen-bond acceptors (Lipinski definition) is 8. The van der Waals surface area contributed by atoms with Gasteiger partial charge in [0.25, 0.3) is 0 Å². The number of rotatable bonds is 6. The predicted molar refractivity (Wildman–Crippen MR) is 132 cm³/mol. The van der Waals surface area contributed by atoms with Crippen LogP contribution in [-0.4, -0.2) is 50.3 Å². The van der Waals surface area contributed by atoms with E-state index in [1.807, 2.05) is 6.26 Å². The Bertz CT molecular complexity index is 1360. The number of aromatic nitrogens is 5. The lowest BCUT2D eigenvalue weighted by molar-refractivity contribution is -0.229. The normalized spacial score (nSPS) is 19.7. The number of anilines is 1. The summed E-state index contributed by atoms with van der Waals surface area (Å²) in [6, 6.07) is 11.3. The number of amides is 1. The molecule has 4 heterocycles. The largest absolute Gasteiger partial charge is 0.345 e. The van der Waals surface area contributed by atoms with Crippen LogP contribution in [0.3, 0.4) is 0 Å². The highest BCUT2D eigenvalue weighted by Gasteiger charge is 2.41. The number of benzene rings is 1. The first kappa shape index (κ1) is 24.0. The molecule has 0 bridgehead atoms. The van der Waals surface area contributed by atoms with Gasteiger partial charge < -0.3 is 19.8 Å². The van der Waals surface area contributed by atoms with Crippen LogP contribution in [0, 0.1) is 11.2 Å². The van der Waals surface area contributed by atoms with Gasteiger partial charge in [0, 0.05) is 29.8 Å². The molecule has 1 aromatic carbocycles. The Morgan fingerprint density at radius 3 is 2.50 bits per heavy atom. The molecule has 3 aromatic heterocycles. The highest BCUT2D eigenvalue weighted by Crippen LogP contribution is 2.36. The van der Waals surface area contributed by atoms with Gasteiger partial charge in [-0.05, 0) is 55.6 Å². The number of nitrogens with zero attached hydrogens (tertiary/aromatic N) is 4. The molecule has 1 amide bonds. The van der Waals surface area contributed by atoms with Crippen LogP contribution in [0.15, 0.2) is 66.2 Å². The first-order valence-electron chi connectivity index (χ1n) is 11.1. The van der Waals surface area contributed by atoms with Gasteiger partial charge in [0.05, 0.1) is 35.7 Å². The van der Waals surface area contributed by atoms with E-state index < -0.39 is 11.7 Å². The number of carbonyl (C=O) groups excluding carboxylic acids is 1. The number of imidazole rings is 1. The minimum Gasteiger partial charge on any atom is -0.345 e. The van der Waals surface area contributed by atoms with Gasteiger partial charge in [-0.25, -0.2) is 19.3 Å². The number of pyridine rings is 1. The average Bonchev–Trinajstić information content (AvgIpc) is 3.35. The molecule has 0 saturated carbocycles. The van der Waals surface area contributed by atoms with Gasteiger partial charge in [-0.15, -0.1) is 0 Å². The van der Waals surface area contributed by atoms with Crippen molar-refractivity contribution in [1.82, 2.24) is 24.9 Å². The molecule has 0 radical (unpaired) electrons. The quantitative estimate of drug-likeness (QED) is 0.291. The van der Waals surface area contributed by atoms with Crippen molar-refractivity contribution in [2.45, 2.75) is 18.4 Å². The zero-order valence-corrected chi connectivity index (χ0v) is 20.4. The van der Waals surface area contributed by atoms with E-state index >= 15 is 0 Å². The fraction of sp³-hybridized carbons (Fsp3) is 0.240. The third-order valence-corrected chi connectivity index (χ3v) is 6.29. The molecule has 0 spiro atoms. The average molecular weight is 507 g/mol. The molecule has 4 aromatic rings. The minimum atomic E-state index is -0.894. The summed E-state index contributed by atoms with van der Waals surface area (Å²) < 4.78 is 25.5. The van der Waals surface area contributed by atoms with E-state index in [1.54, 1.807) is 55.8 Å². The summed E-state index contributed by atoms with van der Waals surface area (Å²) in [6.45, 7) is 2.03. The number of carbonyl (C=O) groups is 1. The van der Waals surface area contributed by atoms with E-state index in [2.05, 4.69) is 25.3 Å². The highest BCUT2D eigenvalue weighted by molar-refractivity contribution is 7.98. The van der Waals surface area contributed by atoms with Crippen molar-refractivity contribution in [2.75, 3.05) is 24.8 Å². The Labute approximate surface area is 210 Å². The molecular weight excluding hydrogens is 483 g/mol. The Hall–Kier alpha value is -3.67. The van der Waals surface area contributed by atoms with Gasteiger partial charge >= 0.3 is 0 Å².